The summed E-state index contributed by atoms with van der Waals surface area (Å²) in [5.41, 5.74) is 6.73. The SMILES string of the molecule is CC(Nc1cc(N)ns1)c1ccc(Cl)cc1. The standard InChI is InChI=1S/C11H12ClN3S/c1-7(8-2-4-9(12)5-3-8)14-11-6-10(13)15-16-11/h2-7,14H,1H3,(H2,13,15). The van der Waals surface area contributed by atoms with E-state index in [1.54, 1.807) is 0 Å². The number of hydrogen-bond donors (Lipinski definition) is 2. The zero-order chi connectivity index (χ0) is 11.5. The van der Waals surface area contributed by atoms with E-state index in [-0.39, 0.29) is 6.04 Å². The first-order valence-corrected chi connectivity index (χ1v) is 6.04. The summed E-state index contributed by atoms with van der Waals surface area (Å²) in [5, 5.41) is 5.05. The van der Waals surface area contributed by atoms with Crippen LogP contribution in [0.2, 0.25) is 5.02 Å². The normalized spacial score (nSPS) is 12.4. The van der Waals surface area contributed by atoms with Gasteiger partial charge in [-0.1, -0.05) is 23.7 Å². The van der Waals surface area contributed by atoms with Gasteiger partial charge in [-0.05, 0) is 36.2 Å². The first-order chi connectivity index (χ1) is 7.65. The number of rotatable bonds is 3. The highest BCUT2D eigenvalue weighted by molar-refractivity contribution is 7.10. The van der Waals surface area contributed by atoms with Gasteiger partial charge in [-0.25, -0.2) is 0 Å². The maximum absolute atomic E-state index is 5.84. The number of halogens is 1. The van der Waals surface area contributed by atoms with Crippen molar-refractivity contribution in [1.29, 1.82) is 0 Å². The molecule has 2 aromatic rings. The van der Waals surface area contributed by atoms with Crippen LogP contribution in [-0.2, 0) is 0 Å². The lowest BCUT2D eigenvalue weighted by molar-refractivity contribution is 0.890. The van der Waals surface area contributed by atoms with Gasteiger partial charge in [0.05, 0.1) is 0 Å². The van der Waals surface area contributed by atoms with Crippen LogP contribution in [-0.4, -0.2) is 4.37 Å². The Labute approximate surface area is 103 Å². The fourth-order valence-electron chi connectivity index (χ4n) is 1.41. The first kappa shape index (κ1) is 11.2. The molecule has 16 heavy (non-hydrogen) atoms. The van der Waals surface area contributed by atoms with Crippen LogP contribution in [0.4, 0.5) is 10.8 Å². The molecule has 0 aliphatic carbocycles. The van der Waals surface area contributed by atoms with E-state index in [4.69, 9.17) is 17.3 Å². The lowest BCUT2D eigenvalue weighted by Crippen LogP contribution is -2.04. The molecule has 0 amide bonds. The molecule has 0 bridgehead atoms. The van der Waals surface area contributed by atoms with Crippen LogP contribution in [0, 0.1) is 0 Å². The minimum absolute atomic E-state index is 0.206. The van der Waals surface area contributed by atoms with Crippen molar-refractivity contribution in [2.75, 3.05) is 11.1 Å². The second-order valence-electron chi connectivity index (χ2n) is 3.53. The van der Waals surface area contributed by atoms with Crippen molar-refractivity contribution in [3.8, 4) is 0 Å². The van der Waals surface area contributed by atoms with Crippen LogP contribution in [0.1, 0.15) is 18.5 Å². The second-order valence-corrected chi connectivity index (χ2v) is 4.78. The van der Waals surface area contributed by atoms with Gasteiger partial charge in [0.15, 0.2) is 0 Å². The summed E-state index contributed by atoms with van der Waals surface area (Å²) in [6, 6.07) is 9.81. The molecule has 0 aliphatic rings. The number of aromatic nitrogens is 1. The Kier molecular flexibility index (Phi) is 3.31. The van der Waals surface area contributed by atoms with Crippen LogP contribution in [0.25, 0.3) is 0 Å². The Bertz CT molecular complexity index is 466. The summed E-state index contributed by atoms with van der Waals surface area (Å²) in [4.78, 5) is 0. The Balaban J connectivity index is 2.08. The fourth-order valence-corrected chi connectivity index (χ4v) is 2.19. The van der Waals surface area contributed by atoms with Crippen molar-refractivity contribution >= 4 is 34.0 Å². The molecule has 0 saturated carbocycles. The molecule has 1 aromatic carbocycles. The highest BCUT2D eigenvalue weighted by Crippen LogP contribution is 2.24. The van der Waals surface area contributed by atoms with Crippen molar-refractivity contribution < 1.29 is 0 Å². The number of hydrogen-bond acceptors (Lipinski definition) is 4. The third kappa shape index (κ3) is 2.65. The van der Waals surface area contributed by atoms with Crippen molar-refractivity contribution in [1.82, 2.24) is 4.37 Å². The van der Waals surface area contributed by atoms with Crippen LogP contribution in [0.5, 0.6) is 0 Å². The van der Waals surface area contributed by atoms with Gasteiger partial charge in [-0.3, -0.25) is 0 Å². The van der Waals surface area contributed by atoms with Gasteiger partial charge in [-0.2, -0.15) is 4.37 Å². The number of nitrogens with two attached hydrogens (primary N) is 1. The molecule has 0 saturated heterocycles. The van der Waals surface area contributed by atoms with E-state index in [1.807, 2.05) is 30.3 Å². The Hall–Kier alpha value is -1.26. The van der Waals surface area contributed by atoms with Gasteiger partial charge < -0.3 is 11.1 Å². The van der Waals surface area contributed by atoms with Gasteiger partial charge in [0, 0.05) is 17.1 Å². The molecule has 1 heterocycles. The minimum Gasteiger partial charge on any atom is -0.383 e. The van der Waals surface area contributed by atoms with Crippen LogP contribution < -0.4 is 11.1 Å². The van der Waals surface area contributed by atoms with Crippen molar-refractivity contribution in [3.63, 3.8) is 0 Å². The summed E-state index contributed by atoms with van der Waals surface area (Å²) < 4.78 is 4.01. The van der Waals surface area contributed by atoms with E-state index in [9.17, 15) is 0 Å². The van der Waals surface area contributed by atoms with E-state index in [2.05, 4.69) is 16.6 Å². The molecule has 3 nitrogen and oxygen atoms in total. The van der Waals surface area contributed by atoms with Crippen LogP contribution in [0.3, 0.4) is 0 Å². The van der Waals surface area contributed by atoms with Crippen LogP contribution >= 0.6 is 23.1 Å². The summed E-state index contributed by atoms with van der Waals surface area (Å²) in [5.74, 6) is 0.552. The van der Waals surface area contributed by atoms with Gasteiger partial charge in [0.1, 0.15) is 10.8 Å². The molecule has 5 heteroatoms. The zero-order valence-electron chi connectivity index (χ0n) is 8.77. The van der Waals surface area contributed by atoms with Crippen molar-refractivity contribution in [2.45, 2.75) is 13.0 Å². The third-order valence-corrected chi connectivity index (χ3v) is 3.24. The summed E-state index contributed by atoms with van der Waals surface area (Å²) in [6.45, 7) is 2.08. The Morgan fingerprint density at radius 2 is 2.06 bits per heavy atom. The molecule has 0 aliphatic heterocycles. The largest absolute Gasteiger partial charge is 0.383 e. The van der Waals surface area contributed by atoms with Crippen molar-refractivity contribution in [2.24, 2.45) is 0 Å². The third-order valence-electron chi connectivity index (χ3n) is 2.26. The molecule has 1 unspecified atom stereocenters. The lowest BCUT2D eigenvalue weighted by atomic mass is 10.1. The van der Waals surface area contributed by atoms with E-state index < -0.39 is 0 Å². The zero-order valence-corrected chi connectivity index (χ0v) is 10.3. The Morgan fingerprint density at radius 3 is 2.62 bits per heavy atom. The molecule has 1 aromatic heterocycles. The van der Waals surface area contributed by atoms with E-state index in [0.717, 1.165) is 10.0 Å². The number of anilines is 2. The number of nitrogens with zero attached hydrogens (tertiary/aromatic N) is 1. The topological polar surface area (TPSA) is 50.9 Å². The smallest absolute Gasteiger partial charge is 0.139 e. The molecule has 1 atom stereocenters. The highest BCUT2D eigenvalue weighted by Gasteiger charge is 2.06. The molecule has 0 radical (unpaired) electrons. The second kappa shape index (κ2) is 4.72. The van der Waals surface area contributed by atoms with E-state index in [1.165, 1.54) is 17.1 Å². The van der Waals surface area contributed by atoms with Gasteiger partial charge >= 0.3 is 0 Å². The minimum atomic E-state index is 0.206. The average molecular weight is 254 g/mol. The fraction of sp³-hybridized carbons (Fsp3) is 0.182. The van der Waals surface area contributed by atoms with Gasteiger partial charge in [0.2, 0.25) is 0 Å². The maximum Gasteiger partial charge on any atom is 0.139 e. The predicted molar refractivity (Wildman–Crippen MR) is 70.0 cm³/mol. The molecule has 0 spiro atoms. The lowest BCUT2D eigenvalue weighted by Gasteiger charge is -2.13. The van der Waals surface area contributed by atoms with Crippen LogP contribution in [0.15, 0.2) is 30.3 Å². The number of benzene rings is 1. The van der Waals surface area contributed by atoms with Gasteiger partial charge in [-0.15, -0.1) is 0 Å². The maximum atomic E-state index is 5.84. The molecular weight excluding hydrogens is 242 g/mol. The van der Waals surface area contributed by atoms with Crippen molar-refractivity contribution in [3.05, 3.63) is 40.9 Å². The molecule has 84 valence electrons. The first-order valence-electron chi connectivity index (χ1n) is 4.89. The summed E-state index contributed by atoms with van der Waals surface area (Å²) in [6.07, 6.45) is 0. The number of nitrogens with one attached hydrogen (secondary N) is 1. The quantitative estimate of drug-likeness (QED) is 0.880. The highest BCUT2D eigenvalue weighted by atomic mass is 35.5. The van der Waals surface area contributed by atoms with E-state index >= 15 is 0 Å². The average Bonchev–Trinajstić information content (AvgIpc) is 2.65. The van der Waals surface area contributed by atoms with E-state index in [0.29, 0.717) is 5.82 Å². The summed E-state index contributed by atoms with van der Waals surface area (Å²) >= 11 is 7.20. The summed E-state index contributed by atoms with van der Waals surface area (Å²) in [7, 11) is 0. The molecule has 3 N–H and O–H groups in total. The molecular formula is C11H12ClN3S. The molecule has 2 rings (SSSR count). The number of nitrogen functional groups attached to an aromatic ring is 1. The monoisotopic (exact) mass is 253 g/mol. The molecule has 0 fully saturated rings. The Morgan fingerprint density at radius 1 is 1.38 bits per heavy atom. The van der Waals surface area contributed by atoms with Gasteiger partial charge in [0.25, 0.3) is 0 Å². The predicted octanol–water partition coefficient (Wildman–Crippen LogP) is 3.55.